The number of benzene rings is 5. The van der Waals surface area contributed by atoms with Crippen LogP contribution < -0.4 is 0 Å². The Morgan fingerprint density at radius 3 is 1.95 bits per heavy atom. The predicted molar refractivity (Wildman–Crippen MR) is 136 cm³/mol. The van der Waals surface area contributed by atoms with Crippen molar-refractivity contribution in [2.75, 3.05) is 0 Å². The lowest BCUT2D eigenvalue weighted by atomic mass is 9.94. The second kappa shape index (κ2) is 10.5. The maximum Gasteiger partial charge on any atom is 0.194 e. The first-order chi connectivity index (χ1) is 19.1. The van der Waals surface area contributed by atoms with Gasteiger partial charge in [-0.25, -0.2) is 35.1 Å². The fraction of sp³-hybridized carbons (Fsp3) is 0.0625. The molecule has 0 fully saturated rings. The summed E-state index contributed by atoms with van der Waals surface area (Å²) in [4.78, 5) is 0. The van der Waals surface area contributed by atoms with E-state index >= 15 is 8.78 Å². The van der Waals surface area contributed by atoms with E-state index in [9.17, 15) is 26.3 Å². The van der Waals surface area contributed by atoms with Crippen molar-refractivity contribution in [3.05, 3.63) is 130 Å². The number of fused-ring (bicyclic) bond motifs is 1. The topological polar surface area (TPSA) is 0 Å². The van der Waals surface area contributed by atoms with Crippen LogP contribution in [0.15, 0.2) is 66.7 Å². The third kappa shape index (κ3) is 4.79. The summed E-state index contributed by atoms with van der Waals surface area (Å²) in [5, 5.41) is -0.400. The van der Waals surface area contributed by atoms with Crippen LogP contribution in [0.1, 0.15) is 23.6 Å². The molecular weight excluding hydrogens is 536 g/mol. The molecule has 5 aromatic carbocycles. The molecule has 0 atom stereocenters. The SMILES string of the molecule is CCc1cc(-c2c(F)cc3cccc(F)c3c2F)cc(F)c1C#Cc1ccc(-c2cc(F)c(F)c(F)c2)c(F)c1. The molecule has 5 aromatic rings. The van der Waals surface area contributed by atoms with Gasteiger partial charge < -0.3 is 0 Å². The molecule has 0 amide bonds. The first kappa shape index (κ1) is 26.9. The van der Waals surface area contributed by atoms with Crippen LogP contribution in [0, 0.1) is 58.4 Å². The average molecular weight is 552 g/mol. The molecule has 0 N–H and O–H groups in total. The molecule has 40 heavy (non-hydrogen) atoms. The van der Waals surface area contributed by atoms with Crippen molar-refractivity contribution >= 4 is 10.8 Å². The molecule has 0 spiro atoms. The molecule has 0 unspecified atom stereocenters. The minimum absolute atomic E-state index is 0.0189. The minimum Gasteiger partial charge on any atom is -0.206 e. The zero-order valence-electron chi connectivity index (χ0n) is 20.6. The second-order valence-corrected chi connectivity index (χ2v) is 8.93. The number of halogens is 8. The van der Waals surface area contributed by atoms with E-state index in [-0.39, 0.29) is 39.6 Å². The van der Waals surface area contributed by atoms with Gasteiger partial charge in [0.25, 0.3) is 0 Å². The Bertz CT molecular complexity index is 1860. The molecule has 0 saturated heterocycles. The van der Waals surface area contributed by atoms with Gasteiger partial charge in [0.2, 0.25) is 0 Å². The molecule has 8 heteroatoms. The van der Waals surface area contributed by atoms with Gasteiger partial charge in [-0.05, 0) is 77.0 Å². The highest BCUT2D eigenvalue weighted by Crippen LogP contribution is 2.35. The first-order valence-electron chi connectivity index (χ1n) is 11.9. The summed E-state index contributed by atoms with van der Waals surface area (Å²) in [5.74, 6) is -4.27. The molecule has 0 aliphatic carbocycles. The predicted octanol–water partition coefficient (Wildman–Crippen LogP) is 9.25. The quantitative estimate of drug-likeness (QED) is 0.119. The van der Waals surface area contributed by atoms with Crippen molar-refractivity contribution in [3.8, 4) is 34.1 Å². The Balaban J connectivity index is 1.54. The van der Waals surface area contributed by atoms with E-state index in [1.54, 1.807) is 6.92 Å². The molecule has 0 aliphatic heterocycles. The lowest BCUT2D eigenvalue weighted by molar-refractivity contribution is 0.447. The summed E-state index contributed by atoms with van der Waals surface area (Å²) >= 11 is 0. The summed E-state index contributed by atoms with van der Waals surface area (Å²) in [6, 6.07) is 11.7. The monoisotopic (exact) mass is 552 g/mol. The van der Waals surface area contributed by atoms with Gasteiger partial charge in [-0.2, -0.15) is 0 Å². The third-order valence-corrected chi connectivity index (χ3v) is 6.44. The molecule has 0 nitrogen and oxygen atoms in total. The Morgan fingerprint density at radius 1 is 0.575 bits per heavy atom. The van der Waals surface area contributed by atoms with Gasteiger partial charge >= 0.3 is 0 Å². The molecule has 0 aliphatic rings. The maximum absolute atomic E-state index is 15.2. The maximum atomic E-state index is 15.2. The zero-order chi connectivity index (χ0) is 28.7. The van der Waals surface area contributed by atoms with E-state index in [2.05, 4.69) is 11.8 Å². The van der Waals surface area contributed by atoms with E-state index in [0.717, 1.165) is 24.3 Å². The van der Waals surface area contributed by atoms with Gasteiger partial charge in [0.05, 0.1) is 16.5 Å². The highest BCUT2D eigenvalue weighted by molar-refractivity contribution is 5.89. The van der Waals surface area contributed by atoms with Crippen molar-refractivity contribution < 1.29 is 35.1 Å². The lowest BCUT2D eigenvalue weighted by Crippen LogP contribution is -1.99. The van der Waals surface area contributed by atoms with Crippen LogP contribution in [0.25, 0.3) is 33.0 Å². The second-order valence-electron chi connectivity index (χ2n) is 8.93. The van der Waals surface area contributed by atoms with Gasteiger partial charge in [0.1, 0.15) is 29.1 Å². The molecule has 0 aromatic heterocycles. The summed E-state index contributed by atoms with van der Waals surface area (Å²) < 4.78 is 115. The normalized spacial score (nSPS) is 11.0. The fourth-order valence-corrected chi connectivity index (χ4v) is 4.50. The van der Waals surface area contributed by atoms with Crippen LogP contribution in [-0.4, -0.2) is 0 Å². The van der Waals surface area contributed by atoms with E-state index in [1.807, 2.05) is 0 Å². The molecule has 0 saturated carbocycles. The number of rotatable bonds is 3. The fourth-order valence-electron chi connectivity index (χ4n) is 4.50. The average Bonchev–Trinajstić information content (AvgIpc) is 2.90. The van der Waals surface area contributed by atoms with Gasteiger partial charge in [0.15, 0.2) is 17.5 Å². The third-order valence-electron chi connectivity index (χ3n) is 6.44. The number of hydrogen-bond acceptors (Lipinski definition) is 0. The Kier molecular flexibility index (Phi) is 7.07. The van der Waals surface area contributed by atoms with Gasteiger partial charge in [-0.3, -0.25) is 0 Å². The molecule has 0 bridgehead atoms. The van der Waals surface area contributed by atoms with E-state index in [0.29, 0.717) is 17.7 Å². The van der Waals surface area contributed by atoms with E-state index in [1.165, 1.54) is 30.3 Å². The molecule has 5 rings (SSSR count). The largest absolute Gasteiger partial charge is 0.206 e. The molecule has 0 heterocycles. The zero-order valence-corrected chi connectivity index (χ0v) is 20.6. The van der Waals surface area contributed by atoms with Crippen molar-refractivity contribution in [1.82, 2.24) is 0 Å². The lowest BCUT2D eigenvalue weighted by Gasteiger charge is -2.12. The number of hydrogen-bond donors (Lipinski definition) is 0. The van der Waals surface area contributed by atoms with Crippen molar-refractivity contribution in [1.29, 1.82) is 0 Å². The Hall–Kier alpha value is -4.64. The Labute approximate surface area is 223 Å². The van der Waals surface area contributed by atoms with Crippen LogP contribution in [0.3, 0.4) is 0 Å². The van der Waals surface area contributed by atoms with Gasteiger partial charge in [0, 0.05) is 11.1 Å². The van der Waals surface area contributed by atoms with Crippen LogP contribution in [-0.2, 0) is 6.42 Å². The van der Waals surface area contributed by atoms with Crippen LogP contribution in [0.4, 0.5) is 35.1 Å². The molecule has 200 valence electrons. The minimum atomic E-state index is -1.68. The van der Waals surface area contributed by atoms with Gasteiger partial charge in [-0.1, -0.05) is 37.0 Å². The molecular formula is C32H16F8. The first-order valence-corrected chi connectivity index (χ1v) is 11.9. The number of aryl methyl sites for hydroxylation is 1. The smallest absolute Gasteiger partial charge is 0.194 e. The van der Waals surface area contributed by atoms with Crippen LogP contribution >= 0.6 is 0 Å². The summed E-state index contributed by atoms with van der Waals surface area (Å²) in [5.41, 5.74) is -0.862. The van der Waals surface area contributed by atoms with Crippen LogP contribution in [0.5, 0.6) is 0 Å². The van der Waals surface area contributed by atoms with Crippen molar-refractivity contribution in [2.45, 2.75) is 13.3 Å². The summed E-state index contributed by atoms with van der Waals surface area (Å²) in [6.07, 6.45) is 0.217. The summed E-state index contributed by atoms with van der Waals surface area (Å²) in [6.45, 7) is 1.67. The van der Waals surface area contributed by atoms with Crippen LogP contribution in [0.2, 0.25) is 0 Å². The molecule has 0 radical (unpaired) electrons. The summed E-state index contributed by atoms with van der Waals surface area (Å²) in [7, 11) is 0. The Morgan fingerprint density at radius 2 is 1.27 bits per heavy atom. The highest BCUT2D eigenvalue weighted by Gasteiger charge is 2.20. The van der Waals surface area contributed by atoms with E-state index in [4.69, 9.17) is 0 Å². The van der Waals surface area contributed by atoms with E-state index < -0.39 is 57.5 Å². The highest BCUT2D eigenvalue weighted by atomic mass is 19.2. The van der Waals surface area contributed by atoms with Gasteiger partial charge in [-0.15, -0.1) is 0 Å². The van der Waals surface area contributed by atoms with Crippen molar-refractivity contribution in [3.63, 3.8) is 0 Å². The standard InChI is InChI=1S/C32H16F8/c1-2-17-11-20(30-26(36)12-18-4-3-5-23(33)29(18)32(30)40)15-25(35)21(17)8-6-16-7-9-22(24(34)10-16)19-13-27(37)31(39)28(38)14-19/h3-5,7,9-15H,2H2,1H3. The van der Waals surface area contributed by atoms with Crippen molar-refractivity contribution in [2.24, 2.45) is 0 Å².